The first-order valence-corrected chi connectivity index (χ1v) is 11.2. The summed E-state index contributed by atoms with van der Waals surface area (Å²) in [6.45, 7) is 8.61. The fourth-order valence-electron chi connectivity index (χ4n) is 4.90. The average molecular weight is 371 g/mol. The van der Waals surface area contributed by atoms with E-state index in [0.717, 1.165) is 12.8 Å². The lowest BCUT2D eigenvalue weighted by molar-refractivity contribution is 0.627. The van der Waals surface area contributed by atoms with Gasteiger partial charge in [0.25, 0.3) is 0 Å². The normalized spacial score (nSPS) is 29.2. The second kappa shape index (κ2) is 7.39. The summed E-state index contributed by atoms with van der Waals surface area (Å²) in [5.41, 5.74) is 8.10. The molecule has 28 heavy (non-hydrogen) atoms. The molecule has 0 N–H and O–H groups in total. The zero-order valence-electron chi connectivity index (χ0n) is 18.0. The first kappa shape index (κ1) is 19.2. The molecule has 0 saturated heterocycles. The molecular formula is C28H34. The molecule has 0 heteroatoms. The van der Waals surface area contributed by atoms with E-state index in [2.05, 4.69) is 80.7 Å². The van der Waals surface area contributed by atoms with Gasteiger partial charge in [0.1, 0.15) is 0 Å². The van der Waals surface area contributed by atoms with Gasteiger partial charge >= 0.3 is 0 Å². The van der Waals surface area contributed by atoms with Crippen molar-refractivity contribution in [2.75, 3.05) is 0 Å². The number of hydrogen-bond acceptors (Lipinski definition) is 0. The lowest BCUT2D eigenvalue weighted by atomic mass is 9.75. The van der Waals surface area contributed by atoms with Crippen LogP contribution in [0.2, 0.25) is 0 Å². The summed E-state index contributed by atoms with van der Waals surface area (Å²) in [6, 6.07) is 0. The van der Waals surface area contributed by atoms with E-state index >= 15 is 0 Å². The number of fused-ring (bicyclic) bond motifs is 1. The van der Waals surface area contributed by atoms with Crippen LogP contribution >= 0.6 is 0 Å². The second-order valence-electron chi connectivity index (χ2n) is 8.65. The van der Waals surface area contributed by atoms with Crippen LogP contribution in [0.5, 0.6) is 0 Å². The topological polar surface area (TPSA) is 0 Å². The monoisotopic (exact) mass is 370 g/mol. The highest BCUT2D eigenvalue weighted by Gasteiger charge is 2.50. The van der Waals surface area contributed by atoms with Gasteiger partial charge in [0, 0.05) is 5.92 Å². The van der Waals surface area contributed by atoms with Crippen LogP contribution in [0, 0.1) is 16.7 Å². The molecule has 1 fully saturated rings. The van der Waals surface area contributed by atoms with Crippen LogP contribution in [0.25, 0.3) is 0 Å². The summed E-state index contributed by atoms with van der Waals surface area (Å²) < 4.78 is 0. The van der Waals surface area contributed by atoms with Crippen LogP contribution in [0.15, 0.2) is 94.7 Å². The van der Waals surface area contributed by atoms with Gasteiger partial charge in [-0.15, -0.1) is 0 Å². The third-order valence-corrected chi connectivity index (χ3v) is 6.89. The van der Waals surface area contributed by atoms with Crippen molar-refractivity contribution in [1.29, 1.82) is 0 Å². The van der Waals surface area contributed by atoms with Crippen LogP contribution in [0.4, 0.5) is 0 Å². The summed E-state index contributed by atoms with van der Waals surface area (Å²) in [5, 5.41) is 0. The van der Waals surface area contributed by atoms with Gasteiger partial charge in [-0.25, -0.2) is 0 Å². The van der Waals surface area contributed by atoms with Gasteiger partial charge in [-0.05, 0) is 66.7 Å². The summed E-state index contributed by atoms with van der Waals surface area (Å²) in [6.07, 6.45) is 32.5. The van der Waals surface area contributed by atoms with Gasteiger partial charge in [0.05, 0.1) is 5.41 Å². The van der Waals surface area contributed by atoms with Crippen molar-refractivity contribution in [3.8, 4) is 0 Å². The number of hydrogen-bond donors (Lipinski definition) is 0. The van der Waals surface area contributed by atoms with E-state index in [1.54, 1.807) is 5.57 Å². The molecule has 2 unspecified atom stereocenters. The van der Waals surface area contributed by atoms with Gasteiger partial charge in [0.15, 0.2) is 0 Å². The highest BCUT2D eigenvalue weighted by atomic mass is 14.5. The third kappa shape index (κ3) is 3.28. The molecule has 5 aliphatic rings. The van der Waals surface area contributed by atoms with E-state index in [1.165, 1.54) is 41.6 Å². The summed E-state index contributed by atoms with van der Waals surface area (Å²) in [5.74, 6) is 0.497. The van der Waals surface area contributed by atoms with Crippen molar-refractivity contribution in [1.82, 2.24) is 0 Å². The van der Waals surface area contributed by atoms with Gasteiger partial charge in [-0.2, -0.15) is 0 Å². The Kier molecular flexibility index (Phi) is 5.08. The molecule has 2 atom stereocenters. The first-order chi connectivity index (χ1) is 13.7. The maximum Gasteiger partial charge on any atom is 0.0569 e. The molecule has 0 radical (unpaired) electrons. The smallest absolute Gasteiger partial charge is 0.0569 e. The Morgan fingerprint density at radius 2 is 1.86 bits per heavy atom. The Morgan fingerprint density at radius 3 is 2.57 bits per heavy atom. The SMILES string of the molecule is CC.CCC(C1=CC=CCC=C1)C1=CC2=CC2(C2=CC3(CC=C2C)CC3)C=C1. The van der Waals surface area contributed by atoms with E-state index in [-0.39, 0.29) is 5.41 Å². The minimum Gasteiger partial charge on any atom is -0.0807 e. The largest absolute Gasteiger partial charge is 0.0807 e. The van der Waals surface area contributed by atoms with Gasteiger partial charge in [-0.3, -0.25) is 0 Å². The molecule has 0 aromatic carbocycles. The molecule has 1 saturated carbocycles. The molecule has 146 valence electrons. The van der Waals surface area contributed by atoms with Crippen molar-refractivity contribution < 1.29 is 0 Å². The summed E-state index contributed by atoms with van der Waals surface area (Å²) in [4.78, 5) is 0. The van der Waals surface area contributed by atoms with Crippen molar-refractivity contribution in [2.45, 2.75) is 59.8 Å². The fourth-order valence-corrected chi connectivity index (χ4v) is 4.90. The van der Waals surface area contributed by atoms with Gasteiger partial charge in [0.2, 0.25) is 0 Å². The van der Waals surface area contributed by atoms with Crippen molar-refractivity contribution in [3.05, 3.63) is 94.7 Å². The quantitative estimate of drug-likeness (QED) is 0.471. The second-order valence-corrected chi connectivity index (χ2v) is 8.65. The van der Waals surface area contributed by atoms with Crippen molar-refractivity contribution >= 4 is 0 Å². The fraction of sp³-hybridized carbons (Fsp3) is 0.429. The summed E-state index contributed by atoms with van der Waals surface area (Å²) >= 11 is 0. The first-order valence-electron chi connectivity index (χ1n) is 11.2. The molecule has 0 amide bonds. The zero-order valence-corrected chi connectivity index (χ0v) is 18.0. The molecule has 0 nitrogen and oxygen atoms in total. The van der Waals surface area contributed by atoms with E-state index < -0.39 is 0 Å². The van der Waals surface area contributed by atoms with Crippen LogP contribution < -0.4 is 0 Å². The predicted molar refractivity (Wildman–Crippen MR) is 122 cm³/mol. The number of allylic oxidation sites excluding steroid dienone is 16. The van der Waals surface area contributed by atoms with Crippen molar-refractivity contribution in [3.63, 3.8) is 0 Å². The minimum absolute atomic E-state index is 0.117. The molecule has 0 bridgehead atoms. The van der Waals surface area contributed by atoms with Crippen LogP contribution in [-0.4, -0.2) is 0 Å². The number of rotatable bonds is 4. The molecule has 5 aliphatic carbocycles. The van der Waals surface area contributed by atoms with E-state index in [1.807, 2.05) is 13.8 Å². The predicted octanol–water partition coefficient (Wildman–Crippen LogP) is 7.96. The third-order valence-electron chi connectivity index (χ3n) is 6.89. The highest BCUT2D eigenvalue weighted by molar-refractivity contribution is 5.69. The maximum absolute atomic E-state index is 2.62. The van der Waals surface area contributed by atoms with Gasteiger partial charge in [-0.1, -0.05) is 93.2 Å². The molecule has 5 rings (SSSR count). The molecule has 0 heterocycles. The Bertz CT molecular complexity index is 886. The van der Waals surface area contributed by atoms with E-state index in [0.29, 0.717) is 11.3 Å². The molecular weight excluding hydrogens is 336 g/mol. The lowest BCUT2D eigenvalue weighted by Crippen LogP contribution is -2.16. The minimum atomic E-state index is 0.117. The van der Waals surface area contributed by atoms with Gasteiger partial charge < -0.3 is 0 Å². The Balaban J connectivity index is 0.000000932. The highest BCUT2D eigenvalue weighted by Crippen LogP contribution is 2.62. The van der Waals surface area contributed by atoms with Crippen LogP contribution in [-0.2, 0) is 0 Å². The molecule has 0 aromatic heterocycles. The van der Waals surface area contributed by atoms with E-state index in [4.69, 9.17) is 0 Å². The Labute approximate surface area is 171 Å². The van der Waals surface area contributed by atoms with Crippen LogP contribution in [0.3, 0.4) is 0 Å². The Hall–Kier alpha value is -2.08. The molecule has 0 aliphatic heterocycles. The average Bonchev–Trinajstić information content (AvgIpc) is 3.62. The van der Waals surface area contributed by atoms with Crippen molar-refractivity contribution in [2.24, 2.45) is 16.7 Å². The standard InChI is InChI=1S/C26H28.C2H6/c1-3-23(20-8-6-4-5-7-9-20)21-11-13-26(17-22(26)16-21)24-18-25(14-15-25)12-10-19(24)2;1-2/h4,6-11,13,16-18,23H,3,5,12,14-15H2,1-2H3;1-2H3. The van der Waals surface area contributed by atoms with E-state index in [9.17, 15) is 0 Å². The lowest BCUT2D eigenvalue weighted by Gasteiger charge is -2.29. The molecule has 1 spiro atoms. The maximum atomic E-state index is 2.62. The molecule has 0 aromatic rings. The van der Waals surface area contributed by atoms with Crippen LogP contribution in [0.1, 0.15) is 59.8 Å². The Morgan fingerprint density at radius 1 is 1.04 bits per heavy atom. The zero-order chi connectivity index (χ0) is 19.8. The summed E-state index contributed by atoms with van der Waals surface area (Å²) in [7, 11) is 0.